The van der Waals surface area contributed by atoms with Crippen molar-refractivity contribution in [2.24, 2.45) is 7.05 Å². The summed E-state index contributed by atoms with van der Waals surface area (Å²) in [7, 11) is 1.48. The molecule has 2 aromatic heterocycles. The van der Waals surface area contributed by atoms with Gasteiger partial charge in [0.25, 0.3) is 5.56 Å². The normalized spacial score (nSPS) is 10.5. The number of nitrogens with zero attached hydrogens (tertiary/aromatic N) is 4. The predicted molar refractivity (Wildman–Crippen MR) is 65.2 cm³/mol. The van der Waals surface area contributed by atoms with Gasteiger partial charge < -0.3 is 11.1 Å². The number of anilines is 2. The summed E-state index contributed by atoms with van der Waals surface area (Å²) in [5, 5.41) is 10.3. The maximum Gasteiger partial charge on any atom is 0.329 e. The van der Waals surface area contributed by atoms with E-state index in [-0.39, 0.29) is 11.5 Å². The topological polar surface area (TPSA) is 124 Å². The van der Waals surface area contributed by atoms with E-state index in [4.69, 9.17) is 5.73 Å². The molecule has 4 N–H and O–H groups in total. The third-order valence-electron chi connectivity index (χ3n) is 2.48. The molecule has 0 spiro atoms. The number of rotatable bonds is 4. The van der Waals surface area contributed by atoms with E-state index in [0.717, 1.165) is 0 Å². The Bertz CT molecular complexity index is 640. The van der Waals surface area contributed by atoms with Gasteiger partial charge in [-0.1, -0.05) is 5.21 Å². The fourth-order valence-corrected chi connectivity index (χ4v) is 1.46. The van der Waals surface area contributed by atoms with Gasteiger partial charge in [0.05, 0.1) is 12.7 Å². The summed E-state index contributed by atoms with van der Waals surface area (Å²) < 4.78 is 2.78. The molecule has 0 atom stereocenters. The molecule has 18 heavy (non-hydrogen) atoms. The van der Waals surface area contributed by atoms with Crippen molar-refractivity contribution in [3.05, 3.63) is 33.2 Å². The van der Waals surface area contributed by atoms with E-state index in [1.807, 2.05) is 0 Å². The number of nitrogens with one attached hydrogen (secondary N) is 2. The second-order valence-corrected chi connectivity index (χ2v) is 3.67. The van der Waals surface area contributed by atoms with Gasteiger partial charge in [-0.25, -0.2) is 4.79 Å². The molecule has 9 nitrogen and oxygen atoms in total. The van der Waals surface area contributed by atoms with Crippen molar-refractivity contribution in [2.75, 3.05) is 17.6 Å². The van der Waals surface area contributed by atoms with Crippen LogP contribution < -0.4 is 22.3 Å². The first-order valence-corrected chi connectivity index (χ1v) is 5.26. The zero-order valence-electron chi connectivity index (χ0n) is 9.75. The van der Waals surface area contributed by atoms with Gasteiger partial charge in [-0.15, -0.1) is 5.10 Å². The fraction of sp³-hybridized carbons (Fsp3) is 0.333. The van der Waals surface area contributed by atoms with Crippen molar-refractivity contribution in [1.29, 1.82) is 0 Å². The lowest BCUT2D eigenvalue weighted by Crippen LogP contribution is -2.33. The zero-order valence-corrected chi connectivity index (χ0v) is 9.75. The van der Waals surface area contributed by atoms with E-state index in [9.17, 15) is 9.59 Å². The standard InChI is InChI=1S/C9H13N7O2/c1-15-7(10)6(8(17)13-9(15)18)11-2-4-16-5-3-12-14-16/h3,5,11H,2,4,10H2,1H3,(H,13,17,18). The molecule has 2 heterocycles. The minimum atomic E-state index is -0.542. The Morgan fingerprint density at radius 1 is 1.50 bits per heavy atom. The maximum atomic E-state index is 11.6. The van der Waals surface area contributed by atoms with Crippen molar-refractivity contribution in [1.82, 2.24) is 24.5 Å². The summed E-state index contributed by atoms with van der Waals surface area (Å²) >= 11 is 0. The van der Waals surface area contributed by atoms with E-state index in [1.165, 1.54) is 11.6 Å². The first-order valence-electron chi connectivity index (χ1n) is 5.26. The lowest BCUT2D eigenvalue weighted by atomic mass is 10.4. The van der Waals surface area contributed by atoms with Crippen LogP contribution in [0.2, 0.25) is 0 Å². The molecule has 0 saturated heterocycles. The van der Waals surface area contributed by atoms with Crippen LogP contribution in [0.5, 0.6) is 0 Å². The van der Waals surface area contributed by atoms with Gasteiger partial charge in [0.1, 0.15) is 11.5 Å². The van der Waals surface area contributed by atoms with Crippen LogP contribution in [0.25, 0.3) is 0 Å². The highest BCUT2D eigenvalue weighted by Crippen LogP contribution is 2.07. The number of nitrogen functional groups attached to an aromatic ring is 1. The molecule has 0 aliphatic carbocycles. The molecule has 2 aromatic rings. The fourth-order valence-electron chi connectivity index (χ4n) is 1.46. The zero-order chi connectivity index (χ0) is 13.1. The molecule has 0 saturated carbocycles. The third kappa shape index (κ3) is 2.24. The monoisotopic (exact) mass is 251 g/mol. The minimum absolute atomic E-state index is 0.0994. The van der Waals surface area contributed by atoms with Gasteiger partial charge in [-0.05, 0) is 0 Å². The van der Waals surface area contributed by atoms with E-state index in [0.29, 0.717) is 13.1 Å². The molecule has 0 fully saturated rings. The van der Waals surface area contributed by atoms with E-state index < -0.39 is 11.2 Å². The molecular weight excluding hydrogens is 238 g/mol. The van der Waals surface area contributed by atoms with Gasteiger partial charge in [0.2, 0.25) is 0 Å². The molecular formula is C9H13N7O2. The van der Waals surface area contributed by atoms with Crippen LogP contribution in [0, 0.1) is 0 Å². The van der Waals surface area contributed by atoms with Gasteiger partial charge in [-0.3, -0.25) is 19.0 Å². The summed E-state index contributed by atoms with van der Waals surface area (Å²) in [5.74, 6) is 0.0994. The summed E-state index contributed by atoms with van der Waals surface area (Å²) in [6.07, 6.45) is 3.27. The second kappa shape index (κ2) is 4.73. The first-order chi connectivity index (χ1) is 8.59. The third-order valence-corrected chi connectivity index (χ3v) is 2.48. The Morgan fingerprint density at radius 3 is 2.94 bits per heavy atom. The van der Waals surface area contributed by atoms with Crippen LogP contribution in [0.3, 0.4) is 0 Å². The quantitative estimate of drug-likeness (QED) is 0.598. The Balaban J connectivity index is 2.12. The number of hydrogen-bond acceptors (Lipinski definition) is 6. The van der Waals surface area contributed by atoms with Gasteiger partial charge in [-0.2, -0.15) is 0 Å². The average molecular weight is 251 g/mol. The van der Waals surface area contributed by atoms with Crippen LogP contribution in [0.4, 0.5) is 11.5 Å². The van der Waals surface area contributed by atoms with Crippen molar-refractivity contribution in [3.8, 4) is 0 Å². The minimum Gasteiger partial charge on any atom is -0.383 e. The highest BCUT2D eigenvalue weighted by molar-refractivity contribution is 5.60. The number of aromatic nitrogens is 5. The summed E-state index contributed by atoms with van der Waals surface area (Å²) in [6, 6.07) is 0. The number of nitrogens with two attached hydrogens (primary N) is 1. The highest BCUT2D eigenvalue weighted by atomic mass is 16.2. The smallest absolute Gasteiger partial charge is 0.329 e. The van der Waals surface area contributed by atoms with Crippen LogP contribution in [-0.4, -0.2) is 31.1 Å². The molecule has 96 valence electrons. The number of H-pyrrole nitrogens is 1. The molecule has 0 radical (unpaired) electrons. The lowest BCUT2D eigenvalue weighted by molar-refractivity contribution is 0.608. The largest absolute Gasteiger partial charge is 0.383 e. The number of aromatic amines is 1. The van der Waals surface area contributed by atoms with Crippen molar-refractivity contribution >= 4 is 11.5 Å². The van der Waals surface area contributed by atoms with Crippen LogP contribution >= 0.6 is 0 Å². The van der Waals surface area contributed by atoms with Gasteiger partial charge >= 0.3 is 5.69 Å². The highest BCUT2D eigenvalue weighted by Gasteiger charge is 2.08. The van der Waals surface area contributed by atoms with E-state index >= 15 is 0 Å². The molecule has 0 aliphatic heterocycles. The second-order valence-electron chi connectivity index (χ2n) is 3.67. The van der Waals surface area contributed by atoms with Crippen LogP contribution in [-0.2, 0) is 13.6 Å². The Morgan fingerprint density at radius 2 is 2.28 bits per heavy atom. The summed E-state index contributed by atoms with van der Waals surface area (Å²) in [5.41, 5.74) is 4.79. The average Bonchev–Trinajstić information content (AvgIpc) is 2.84. The van der Waals surface area contributed by atoms with Crippen molar-refractivity contribution < 1.29 is 0 Å². The molecule has 0 amide bonds. The molecule has 0 aromatic carbocycles. The van der Waals surface area contributed by atoms with E-state index in [1.54, 1.807) is 17.1 Å². The molecule has 2 rings (SSSR count). The Hall–Kier alpha value is -2.58. The molecule has 0 unspecified atom stereocenters. The van der Waals surface area contributed by atoms with Gasteiger partial charge in [0.15, 0.2) is 0 Å². The molecule has 0 aliphatic rings. The number of hydrogen-bond donors (Lipinski definition) is 3. The van der Waals surface area contributed by atoms with Gasteiger partial charge in [0, 0.05) is 19.8 Å². The Kier molecular flexibility index (Phi) is 3.13. The van der Waals surface area contributed by atoms with Crippen LogP contribution in [0.1, 0.15) is 0 Å². The summed E-state index contributed by atoms with van der Waals surface area (Å²) in [6.45, 7) is 0.969. The SMILES string of the molecule is Cn1c(N)c(NCCn2ccnn2)c(=O)[nH]c1=O. The predicted octanol–water partition coefficient (Wildman–Crippen LogP) is -1.64. The Labute approximate surface area is 101 Å². The summed E-state index contributed by atoms with van der Waals surface area (Å²) in [4.78, 5) is 25.0. The lowest BCUT2D eigenvalue weighted by Gasteiger charge is -2.10. The molecule has 0 bridgehead atoms. The van der Waals surface area contributed by atoms with Crippen molar-refractivity contribution in [2.45, 2.75) is 6.54 Å². The maximum absolute atomic E-state index is 11.6. The van der Waals surface area contributed by atoms with E-state index in [2.05, 4.69) is 20.6 Å². The van der Waals surface area contributed by atoms with Crippen molar-refractivity contribution in [3.63, 3.8) is 0 Å². The molecule has 9 heteroatoms. The first kappa shape index (κ1) is 11.9. The van der Waals surface area contributed by atoms with Crippen LogP contribution in [0.15, 0.2) is 22.0 Å².